The Balaban J connectivity index is 2.81. The summed E-state index contributed by atoms with van der Waals surface area (Å²) in [5.41, 5.74) is 0.112. The van der Waals surface area contributed by atoms with Gasteiger partial charge in [-0.05, 0) is 18.2 Å². The molecule has 1 rings (SSSR count). The van der Waals surface area contributed by atoms with Gasteiger partial charge in [0.2, 0.25) is 0 Å². The van der Waals surface area contributed by atoms with Crippen molar-refractivity contribution in [3.8, 4) is 6.07 Å². The molecule has 118 valence electrons. The van der Waals surface area contributed by atoms with E-state index in [0.717, 1.165) is 6.20 Å². The number of carbonyl (C=O) groups excluding carboxylic acids is 1. The van der Waals surface area contributed by atoms with Crippen molar-refractivity contribution in [1.29, 1.82) is 5.26 Å². The van der Waals surface area contributed by atoms with Crippen LogP contribution in [0.25, 0.3) is 0 Å². The molecule has 0 atom stereocenters. The number of ether oxygens (including phenoxy) is 1. The lowest BCUT2D eigenvalue weighted by Gasteiger charge is -2.05. The first kappa shape index (κ1) is 17.6. The van der Waals surface area contributed by atoms with E-state index in [1.807, 2.05) is 0 Å². The molecule has 0 spiro atoms. The van der Waals surface area contributed by atoms with Crippen molar-refractivity contribution in [2.75, 3.05) is 25.6 Å². The Bertz CT molecular complexity index is 707. The van der Waals surface area contributed by atoms with Crippen molar-refractivity contribution < 1.29 is 22.5 Å². The number of carbonyl (C=O) groups is 1. The number of hydrogen-bond donors (Lipinski definition) is 3. The standard InChI is InChI=1S/C13H15N3O5S/c1-21-6-5-15-13(17)10(8-14)9-16-11-3-2-4-12(7-11)22(18,19)20/h2-4,7,9,16H,5-6H2,1H3,(H,15,17)(H,18,19,20)/b10-9-. The lowest BCUT2D eigenvalue weighted by atomic mass is 10.3. The van der Waals surface area contributed by atoms with Crippen molar-refractivity contribution in [2.24, 2.45) is 0 Å². The van der Waals surface area contributed by atoms with Crippen molar-refractivity contribution in [1.82, 2.24) is 5.32 Å². The van der Waals surface area contributed by atoms with Crippen LogP contribution >= 0.6 is 0 Å². The topological polar surface area (TPSA) is 129 Å². The molecule has 1 aromatic rings. The fourth-order valence-electron chi connectivity index (χ4n) is 1.41. The molecule has 0 aliphatic rings. The highest BCUT2D eigenvalue weighted by atomic mass is 32.2. The normalized spacial score (nSPS) is 11.6. The summed E-state index contributed by atoms with van der Waals surface area (Å²) in [4.78, 5) is 11.4. The van der Waals surface area contributed by atoms with Crippen LogP contribution in [0.5, 0.6) is 0 Å². The summed E-state index contributed by atoms with van der Waals surface area (Å²) in [5, 5.41) is 14.0. The fraction of sp³-hybridized carbons (Fsp3) is 0.231. The van der Waals surface area contributed by atoms with Crippen molar-refractivity contribution in [3.05, 3.63) is 36.0 Å². The van der Waals surface area contributed by atoms with Gasteiger partial charge < -0.3 is 15.4 Å². The molecule has 0 saturated carbocycles. The molecule has 0 aliphatic carbocycles. The second kappa shape index (κ2) is 8.14. The number of nitrogens with one attached hydrogen (secondary N) is 2. The predicted octanol–water partition coefficient (Wildman–Crippen LogP) is 0.515. The van der Waals surface area contributed by atoms with Crippen molar-refractivity contribution >= 4 is 21.7 Å². The maximum Gasteiger partial charge on any atom is 0.294 e. The molecule has 0 fully saturated rings. The summed E-state index contributed by atoms with van der Waals surface area (Å²) in [5.74, 6) is -0.585. The van der Waals surface area contributed by atoms with Gasteiger partial charge in [0.25, 0.3) is 16.0 Å². The van der Waals surface area contributed by atoms with Gasteiger partial charge in [-0.15, -0.1) is 0 Å². The molecule has 0 saturated heterocycles. The van der Waals surface area contributed by atoms with Gasteiger partial charge in [-0.25, -0.2) is 0 Å². The zero-order valence-electron chi connectivity index (χ0n) is 11.7. The highest BCUT2D eigenvalue weighted by molar-refractivity contribution is 7.85. The third-order valence-corrected chi connectivity index (χ3v) is 3.32. The average Bonchev–Trinajstić information content (AvgIpc) is 2.47. The van der Waals surface area contributed by atoms with E-state index >= 15 is 0 Å². The number of nitriles is 1. The molecule has 8 nitrogen and oxygen atoms in total. The number of anilines is 1. The number of benzene rings is 1. The maximum absolute atomic E-state index is 11.7. The first-order valence-electron chi connectivity index (χ1n) is 6.10. The van der Waals surface area contributed by atoms with Gasteiger partial charge in [0.15, 0.2) is 0 Å². The number of nitrogens with zero attached hydrogens (tertiary/aromatic N) is 1. The van der Waals surface area contributed by atoms with E-state index in [4.69, 9.17) is 14.6 Å². The minimum Gasteiger partial charge on any atom is -0.383 e. The van der Waals surface area contributed by atoms with Gasteiger partial charge in [0.1, 0.15) is 11.6 Å². The van der Waals surface area contributed by atoms with E-state index < -0.39 is 16.0 Å². The Morgan fingerprint density at radius 2 is 2.23 bits per heavy atom. The van der Waals surface area contributed by atoms with Gasteiger partial charge >= 0.3 is 0 Å². The van der Waals surface area contributed by atoms with E-state index in [2.05, 4.69) is 10.6 Å². The van der Waals surface area contributed by atoms with Crippen molar-refractivity contribution in [2.45, 2.75) is 4.90 Å². The van der Waals surface area contributed by atoms with Crippen LogP contribution in [0.1, 0.15) is 0 Å². The fourth-order valence-corrected chi connectivity index (χ4v) is 1.94. The van der Waals surface area contributed by atoms with Crippen LogP contribution in [0.3, 0.4) is 0 Å². The second-order valence-corrected chi connectivity index (χ2v) is 5.49. The Morgan fingerprint density at radius 1 is 1.50 bits per heavy atom. The van der Waals surface area contributed by atoms with Crippen LogP contribution < -0.4 is 10.6 Å². The molecule has 3 N–H and O–H groups in total. The minimum absolute atomic E-state index is 0.187. The zero-order valence-corrected chi connectivity index (χ0v) is 12.6. The molecule has 1 aromatic carbocycles. The molecule has 0 aliphatic heterocycles. The molecule has 9 heteroatoms. The number of amides is 1. The van der Waals surface area contributed by atoms with E-state index in [1.165, 1.54) is 31.4 Å². The van der Waals surface area contributed by atoms with Crippen LogP contribution in [-0.4, -0.2) is 39.1 Å². The third-order valence-electron chi connectivity index (χ3n) is 2.47. The second-order valence-electron chi connectivity index (χ2n) is 4.07. The highest BCUT2D eigenvalue weighted by Crippen LogP contribution is 2.15. The first-order chi connectivity index (χ1) is 10.4. The average molecular weight is 325 g/mol. The molecule has 0 bridgehead atoms. The largest absolute Gasteiger partial charge is 0.383 e. The van der Waals surface area contributed by atoms with Crippen LogP contribution in [0.2, 0.25) is 0 Å². The van der Waals surface area contributed by atoms with Gasteiger partial charge in [-0.2, -0.15) is 13.7 Å². The van der Waals surface area contributed by atoms with Crippen molar-refractivity contribution in [3.63, 3.8) is 0 Å². The van der Waals surface area contributed by atoms with Crippen LogP contribution in [0.15, 0.2) is 40.9 Å². The molecular formula is C13H15N3O5S. The minimum atomic E-state index is -4.32. The number of hydrogen-bond acceptors (Lipinski definition) is 6. The Hall–Kier alpha value is -2.41. The molecular weight excluding hydrogens is 310 g/mol. The van der Waals surface area contributed by atoms with Crippen LogP contribution in [0, 0.1) is 11.3 Å². The van der Waals surface area contributed by atoms with E-state index in [1.54, 1.807) is 6.07 Å². The number of rotatable bonds is 7. The summed E-state index contributed by atoms with van der Waals surface area (Å²) in [6, 6.07) is 7.03. The molecule has 0 heterocycles. The zero-order chi connectivity index (χ0) is 16.6. The Labute approximate surface area is 128 Å². The monoisotopic (exact) mass is 325 g/mol. The summed E-state index contributed by atoms with van der Waals surface area (Å²) in [6.07, 6.45) is 1.14. The Kier molecular flexibility index (Phi) is 6.52. The van der Waals surface area contributed by atoms with Crippen LogP contribution in [-0.2, 0) is 19.6 Å². The smallest absolute Gasteiger partial charge is 0.294 e. The highest BCUT2D eigenvalue weighted by Gasteiger charge is 2.10. The van der Waals surface area contributed by atoms with Gasteiger partial charge in [0.05, 0.1) is 11.5 Å². The van der Waals surface area contributed by atoms with Gasteiger partial charge in [0, 0.05) is 25.5 Å². The maximum atomic E-state index is 11.7. The Morgan fingerprint density at radius 3 is 2.82 bits per heavy atom. The molecule has 1 amide bonds. The number of methoxy groups -OCH3 is 1. The molecule has 0 radical (unpaired) electrons. The van der Waals surface area contributed by atoms with Gasteiger partial charge in [-0.1, -0.05) is 6.07 Å². The lowest BCUT2D eigenvalue weighted by molar-refractivity contribution is -0.117. The van der Waals surface area contributed by atoms with E-state index in [0.29, 0.717) is 12.3 Å². The molecule has 0 unspecified atom stereocenters. The summed E-state index contributed by atoms with van der Waals surface area (Å²) in [6.45, 7) is 0.570. The summed E-state index contributed by atoms with van der Waals surface area (Å²) < 4.78 is 35.7. The SMILES string of the molecule is COCCNC(=O)/C(C#N)=C\Nc1cccc(S(=O)(=O)O)c1. The quantitative estimate of drug-likeness (QED) is 0.288. The van der Waals surface area contributed by atoms with E-state index in [-0.39, 0.29) is 17.0 Å². The predicted molar refractivity (Wildman–Crippen MR) is 78.5 cm³/mol. The molecule has 0 aromatic heterocycles. The molecule has 22 heavy (non-hydrogen) atoms. The summed E-state index contributed by atoms with van der Waals surface area (Å²) in [7, 11) is -2.84. The first-order valence-corrected chi connectivity index (χ1v) is 7.54. The third kappa shape index (κ3) is 5.53. The summed E-state index contributed by atoms with van der Waals surface area (Å²) >= 11 is 0. The van der Waals surface area contributed by atoms with E-state index in [9.17, 15) is 13.2 Å². The van der Waals surface area contributed by atoms with Gasteiger partial charge in [-0.3, -0.25) is 9.35 Å². The lowest BCUT2D eigenvalue weighted by Crippen LogP contribution is -2.28. The van der Waals surface area contributed by atoms with Crippen LogP contribution in [0.4, 0.5) is 5.69 Å².